The number of hydrogen-bond donors (Lipinski definition) is 0. The lowest BCUT2D eigenvalue weighted by molar-refractivity contribution is 0.0600. The zero-order chi connectivity index (χ0) is 14.0. The topological polar surface area (TPSA) is 52.3 Å². The number of benzene rings is 1. The molecule has 19 heavy (non-hydrogen) atoms. The Labute approximate surface area is 110 Å². The molecule has 0 aliphatic carbocycles. The van der Waals surface area contributed by atoms with E-state index in [9.17, 15) is 9.18 Å². The second-order valence-electron chi connectivity index (χ2n) is 4.13. The van der Waals surface area contributed by atoms with Gasteiger partial charge in [0.25, 0.3) is 0 Å². The minimum atomic E-state index is -0.576. The molecule has 0 fully saturated rings. The first-order valence-corrected chi connectivity index (χ1v) is 5.91. The molecule has 0 N–H and O–H groups in total. The minimum absolute atomic E-state index is 0.167. The van der Waals surface area contributed by atoms with Crippen molar-refractivity contribution in [3.8, 4) is 11.1 Å². The van der Waals surface area contributed by atoms with Crippen molar-refractivity contribution in [1.29, 1.82) is 0 Å². The van der Waals surface area contributed by atoms with Crippen LogP contribution in [0, 0.1) is 12.7 Å². The van der Waals surface area contributed by atoms with Crippen LogP contribution in [0.25, 0.3) is 11.1 Å². The average molecular weight is 263 g/mol. The predicted octanol–water partition coefficient (Wildman–Crippen LogP) is 3.14. The van der Waals surface area contributed by atoms with Gasteiger partial charge in [0, 0.05) is 5.56 Å². The van der Waals surface area contributed by atoms with Crippen LogP contribution in [0.1, 0.15) is 28.7 Å². The Morgan fingerprint density at radius 3 is 2.79 bits per heavy atom. The summed E-state index contributed by atoms with van der Waals surface area (Å²) in [5.74, 6) is -0.480. The third-order valence-corrected chi connectivity index (χ3v) is 2.88. The van der Waals surface area contributed by atoms with E-state index in [-0.39, 0.29) is 5.56 Å². The van der Waals surface area contributed by atoms with Gasteiger partial charge in [-0.2, -0.15) is 0 Å². The molecular weight excluding hydrogens is 249 g/mol. The molecule has 0 atom stereocenters. The van der Waals surface area contributed by atoms with Crippen LogP contribution in [-0.2, 0) is 11.2 Å². The van der Waals surface area contributed by atoms with Crippen molar-refractivity contribution in [3.05, 3.63) is 41.0 Å². The molecule has 0 unspecified atom stereocenters. The quantitative estimate of drug-likeness (QED) is 0.798. The second kappa shape index (κ2) is 5.22. The number of aryl methyl sites for hydroxylation is 2. The van der Waals surface area contributed by atoms with Gasteiger partial charge < -0.3 is 9.26 Å². The molecule has 5 heteroatoms. The van der Waals surface area contributed by atoms with Gasteiger partial charge in [-0.25, -0.2) is 9.18 Å². The van der Waals surface area contributed by atoms with Crippen molar-refractivity contribution in [2.75, 3.05) is 7.11 Å². The lowest BCUT2D eigenvalue weighted by atomic mass is 10.00. The fraction of sp³-hybridized carbons (Fsp3) is 0.286. The van der Waals surface area contributed by atoms with E-state index in [4.69, 9.17) is 4.52 Å². The van der Waals surface area contributed by atoms with Crippen LogP contribution in [0.5, 0.6) is 0 Å². The maximum absolute atomic E-state index is 13.6. The molecule has 1 aromatic carbocycles. The Morgan fingerprint density at radius 1 is 1.42 bits per heavy atom. The van der Waals surface area contributed by atoms with Gasteiger partial charge in [-0.1, -0.05) is 12.1 Å². The Balaban J connectivity index is 2.59. The zero-order valence-electron chi connectivity index (χ0n) is 11.0. The van der Waals surface area contributed by atoms with Crippen LogP contribution in [0.4, 0.5) is 4.39 Å². The van der Waals surface area contributed by atoms with Gasteiger partial charge in [-0.3, -0.25) is 0 Å². The highest BCUT2D eigenvalue weighted by Crippen LogP contribution is 2.29. The molecule has 0 bridgehead atoms. The molecule has 0 saturated carbocycles. The highest BCUT2D eigenvalue weighted by atomic mass is 19.1. The number of halogens is 1. The Bertz CT molecular complexity index is 619. The molecule has 1 aromatic heterocycles. The van der Waals surface area contributed by atoms with Crippen molar-refractivity contribution in [1.82, 2.24) is 5.16 Å². The number of methoxy groups -OCH3 is 1. The van der Waals surface area contributed by atoms with Gasteiger partial charge in [0.1, 0.15) is 11.6 Å². The Hall–Kier alpha value is -2.17. The smallest absolute Gasteiger partial charge is 0.337 e. The highest BCUT2D eigenvalue weighted by molar-refractivity contribution is 5.91. The minimum Gasteiger partial charge on any atom is -0.465 e. The van der Waals surface area contributed by atoms with E-state index in [1.807, 2.05) is 6.92 Å². The van der Waals surface area contributed by atoms with Crippen LogP contribution in [0.2, 0.25) is 0 Å². The van der Waals surface area contributed by atoms with Gasteiger partial charge >= 0.3 is 5.97 Å². The summed E-state index contributed by atoms with van der Waals surface area (Å²) in [4.78, 5) is 11.5. The van der Waals surface area contributed by atoms with Crippen LogP contribution >= 0.6 is 0 Å². The molecular formula is C14H14FNO3. The number of carbonyl (C=O) groups excluding carboxylic acids is 1. The largest absolute Gasteiger partial charge is 0.465 e. The summed E-state index contributed by atoms with van der Waals surface area (Å²) in [5, 5.41) is 3.92. The third-order valence-electron chi connectivity index (χ3n) is 2.88. The molecule has 0 spiro atoms. The lowest BCUT2D eigenvalue weighted by Gasteiger charge is -2.05. The van der Waals surface area contributed by atoms with Crippen molar-refractivity contribution < 1.29 is 18.4 Å². The normalized spacial score (nSPS) is 10.5. The fourth-order valence-electron chi connectivity index (χ4n) is 2.00. The molecule has 0 radical (unpaired) electrons. The van der Waals surface area contributed by atoms with Crippen LogP contribution in [0.3, 0.4) is 0 Å². The van der Waals surface area contributed by atoms with Gasteiger partial charge in [0.15, 0.2) is 0 Å². The second-order valence-corrected chi connectivity index (χ2v) is 4.13. The molecule has 2 rings (SSSR count). The summed E-state index contributed by atoms with van der Waals surface area (Å²) in [7, 11) is 1.26. The Morgan fingerprint density at radius 2 is 2.16 bits per heavy atom. The number of ether oxygens (including phenoxy) is 1. The third kappa shape index (κ3) is 2.50. The number of hydrogen-bond acceptors (Lipinski definition) is 4. The molecule has 0 amide bonds. The molecule has 0 aliphatic rings. The van der Waals surface area contributed by atoms with E-state index in [2.05, 4.69) is 9.89 Å². The van der Waals surface area contributed by atoms with E-state index in [0.29, 0.717) is 17.7 Å². The molecule has 0 aliphatic heterocycles. The molecule has 0 saturated heterocycles. The summed E-state index contributed by atoms with van der Waals surface area (Å²) in [6.07, 6.45) is 0.663. The summed E-state index contributed by atoms with van der Waals surface area (Å²) in [6, 6.07) is 4.07. The number of carbonyl (C=O) groups is 1. The van der Waals surface area contributed by atoms with Crippen LogP contribution < -0.4 is 0 Å². The first kappa shape index (κ1) is 13.3. The summed E-state index contributed by atoms with van der Waals surface area (Å²) in [5.41, 5.74) is 2.20. The van der Waals surface area contributed by atoms with E-state index < -0.39 is 11.8 Å². The first-order chi connectivity index (χ1) is 9.06. The predicted molar refractivity (Wildman–Crippen MR) is 67.4 cm³/mol. The number of aromatic nitrogens is 1. The van der Waals surface area contributed by atoms with Gasteiger partial charge in [-0.05, 0) is 37.1 Å². The van der Waals surface area contributed by atoms with E-state index in [0.717, 1.165) is 17.3 Å². The van der Waals surface area contributed by atoms with Crippen molar-refractivity contribution in [3.63, 3.8) is 0 Å². The average Bonchev–Trinajstić information content (AvgIpc) is 2.78. The van der Waals surface area contributed by atoms with Crippen molar-refractivity contribution >= 4 is 5.97 Å². The van der Waals surface area contributed by atoms with Gasteiger partial charge in [-0.15, -0.1) is 0 Å². The summed E-state index contributed by atoms with van der Waals surface area (Å²) < 4.78 is 23.3. The standard InChI is InChI=1S/C14H14FNO3/c1-4-12-13(8(2)19-16-12)9-5-10(14(17)18-3)7-11(15)6-9/h5-7H,4H2,1-3H3. The first-order valence-electron chi connectivity index (χ1n) is 5.91. The van der Waals surface area contributed by atoms with Gasteiger partial charge in [0.2, 0.25) is 0 Å². The van der Waals surface area contributed by atoms with E-state index >= 15 is 0 Å². The number of rotatable bonds is 3. The molecule has 2 aromatic rings. The van der Waals surface area contributed by atoms with Crippen molar-refractivity contribution in [2.24, 2.45) is 0 Å². The lowest BCUT2D eigenvalue weighted by Crippen LogP contribution is -2.02. The zero-order valence-corrected chi connectivity index (χ0v) is 11.0. The highest BCUT2D eigenvalue weighted by Gasteiger charge is 2.17. The van der Waals surface area contributed by atoms with E-state index in [1.165, 1.54) is 13.2 Å². The Kier molecular flexibility index (Phi) is 3.64. The fourth-order valence-corrected chi connectivity index (χ4v) is 2.00. The summed E-state index contributed by atoms with van der Waals surface area (Å²) >= 11 is 0. The molecule has 4 nitrogen and oxygen atoms in total. The maximum atomic E-state index is 13.6. The maximum Gasteiger partial charge on any atom is 0.337 e. The number of nitrogens with zero attached hydrogens (tertiary/aromatic N) is 1. The molecule has 100 valence electrons. The van der Waals surface area contributed by atoms with Crippen LogP contribution in [0.15, 0.2) is 22.7 Å². The summed E-state index contributed by atoms with van der Waals surface area (Å²) in [6.45, 7) is 3.69. The monoisotopic (exact) mass is 263 g/mol. The SMILES string of the molecule is CCc1noc(C)c1-c1cc(F)cc(C(=O)OC)c1. The van der Waals surface area contributed by atoms with E-state index in [1.54, 1.807) is 13.0 Å². The molecule has 1 heterocycles. The number of esters is 1. The van der Waals surface area contributed by atoms with Crippen LogP contribution in [-0.4, -0.2) is 18.2 Å². The van der Waals surface area contributed by atoms with Crippen molar-refractivity contribution in [2.45, 2.75) is 20.3 Å². The van der Waals surface area contributed by atoms with Gasteiger partial charge in [0.05, 0.1) is 18.4 Å².